The lowest BCUT2D eigenvalue weighted by Crippen LogP contribution is -2.51. The molecule has 0 amide bonds. The molecular weight excluding hydrogens is 508 g/mol. The summed E-state index contributed by atoms with van der Waals surface area (Å²) in [7, 11) is -3.64. The van der Waals surface area contributed by atoms with E-state index in [4.69, 9.17) is 0 Å². The van der Waals surface area contributed by atoms with E-state index >= 15 is 0 Å². The smallest absolute Gasteiger partial charge is 0.354 e. The van der Waals surface area contributed by atoms with Crippen molar-refractivity contribution < 1.29 is 21.6 Å². The van der Waals surface area contributed by atoms with E-state index in [1.807, 2.05) is 18.2 Å². The van der Waals surface area contributed by atoms with E-state index in [0.29, 0.717) is 16.8 Å². The number of sulfonamides is 1. The molecular formula is C17H26F3IN4O2S. The largest absolute Gasteiger partial charge is 0.511 e. The summed E-state index contributed by atoms with van der Waals surface area (Å²) in [4.78, 5) is 4.14. The number of benzene rings is 1. The molecule has 0 radical (unpaired) electrons. The highest BCUT2D eigenvalue weighted by molar-refractivity contribution is 14.0. The van der Waals surface area contributed by atoms with E-state index in [-0.39, 0.29) is 55.9 Å². The maximum absolute atomic E-state index is 12.6. The van der Waals surface area contributed by atoms with Crippen LogP contribution in [0.25, 0.3) is 0 Å². The molecule has 2 N–H and O–H groups in total. The molecule has 0 aromatic heterocycles. The molecule has 0 aliphatic carbocycles. The number of aryl methyl sites for hydroxylation is 1. The number of halogens is 4. The molecule has 0 atom stereocenters. The predicted octanol–water partition coefficient (Wildman–Crippen LogP) is 2.85. The number of nitrogens with zero attached hydrogens (tertiary/aromatic N) is 2. The van der Waals surface area contributed by atoms with Crippen molar-refractivity contribution in [2.75, 3.05) is 20.1 Å². The second kappa shape index (κ2) is 10.6. The van der Waals surface area contributed by atoms with E-state index in [1.165, 1.54) is 5.56 Å². The first-order valence-electron chi connectivity index (χ1n) is 8.79. The maximum Gasteiger partial charge on any atom is 0.511 e. The van der Waals surface area contributed by atoms with Gasteiger partial charge in [-0.2, -0.15) is 17.5 Å². The summed E-state index contributed by atoms with van der Waals surface area (Å²) in [5.74, 6) is 0.540. The van der Waals surface area contributed by atoms with Gasteiger partial charge in [0, 0.05) is 32.7 Å². The Labute approximate surface area is 181 Å². The minimum atomic E-state index is -5.25. The Morgan fingerprint density at radius 3 is 2.29 bits per heavy atom. The molecule has 160 valence electrons. The highest BCUT2D eigenvalue weighted by Crippen LogP contribution is 2.28. The first kappa shape index (κ1) is 25.0. The zero-order chi connectivity index (χ0) is 20.1. The van der Waals surface area contributed by atoms with Crippen LogP contribution in [0, 0.1) is 0 Å². The Balaban J connectivity index is 0.00000392. The average Bonchev–Trinajstić information content (AvgIpc) is 2.64. The van der Waals surface area contributed by atoms with E-state index in [2.05, 4.69) is 28.6 Å². The second-order valence-corrected chi connectivity index (χ2v) is 8.25. The van der Waals surface area contributed by atoms with E-state index in [9.17, 15) is 21.6 Å². The quantitative estimate of drug-likeness (QED) is 0.347. The minimum absolute atomic E-state index is 0. The van der Waals surface area contributed by atoms with Gasteiger partial charge in [-0.3, -0.25) is 4.99 Å². The van der Waals surface area contributed by atoms with E-state index < -0.39 is 15.5 Å². The van der Waals surface area contributed by atoms with Gasteiger partial charge in [0.25, 0.3) is 0 Å². The number of nitrogens with one attached hydrogen (secondary N) is 2. The Kier molecular flexibility index (Phi) is 9.47. The second-order valence-electron chi connectivity index (χ2n) is 6.32. The van der Waals surface area contributed by atoms with Crippen LogP contribution in [0.3, 0.4) is 0 Å². The van der Waals surface area contributed by atoms with Crippen molar-refractivity contribution in [3.63, 3.8) is 0 Å². The molecule has 1 heterocycles. The zero-order valence-electron chi connectivity index (χ0n) is 15.8. The highest BCUT2D eigenvalue weighted by atomic mass is 127. The van der Waals surface area contributed by atoms with Crippen LogP contribution >= 0.6 is 24.0 Å². The molecule has 1 aromatic rings. The zero-order valence-corrected chi connectivity index (χ0v) is 18.9. The summed E-state index contributed by atoms with van der Waals surface area (Å²) in [6.45, 7) is 2.31. The van der Waals surface area contributed by atoms with Crippen LogP contribution in [0.4, 0.5) is 13.2 Å². The summed E-state index contributed by atoms with van der Waals surface area (Å²) in [6, 6.07) is 7.89. The van der Waals surface area contributed by atoms with Crippen molar-refractivity contribution in [2.45, 2.75) is 44.3 Å². The third-order valence-corrected chi connectivity index (χ3v) is 6.23. The van der Waals surface area contributed by atoms with Gasteiger partial charge in [0.1, 0.15) is 0 Å². The number of alkyl halides is 3. The van der Waals surface area contributed by atoms with Crippen molar-refractivity contribution in [3.8, 4) is 0 Å². The highest BCUT2D eigenvalue weighted by Gasteiger charge is 2.50. The minimum Gasteiger partial charge on any atom is -0.354 e. The topological polar surface area (TPSA) is 73.8 Å². The monoisotopic (exact) mass is 534 g/mol. The van der Waals surface area contributed by atoms with Crippen molar-refractivity contribution in [1.29, 1.82) is 0 Å². The summed E-state index contributed by atoms with van der Waals surface area (Å²) >= 11 is 0. The number of rotatable bonds is 5. The van der Waals surface area contributed by atoms with Crippen molar-refractivity contribution in [3.05, 3.63) is 35.4 Å². The molecule has 1 aliphatic heterocycles. The molecule has 0 unspecified atom stereocenters. The molecule has 1 fully saturated rings. The SMILES string of the molecule is CCc1ccccc1CNC(=NC)NC1CCN(S(=O)(=O)C(F)(F)F)CC1.I. The normalized spacial score (nSPS) is 17.1. The Morgan fingerprint density at radius 2 is 1.79 bits per heavy atom. The van der Waals surface area contributed by atoms with Crippen LogP contribution in [0.5, 0.6) is 0 Å². The van der Waals surface area contributed by atoms with Gasteiger partial charge in [-0.25, -0.2) is 8.42 Å². The summed E-state index contributed by atoms with van der Waals surface area (Å²) in [5, 5.41) is 6.36. The molecule has 0 saturated carbocycles. The van der Waals surface area contributed by atoms with Crippen molar-refractivity contribution in [2.24, 2.45) is 4.99 Å². The fourth-order valence-electron chi connectivity index (χ4n) is 3.03. The van der Waals surface area contributed by atoms with Gasteiger partial charge < -0.3 is 10.6 Å². The molecule has 11 heteroatoms. The standard InChI is InChI=1S/C17H25F3N4O2S.HI/c1-3-13-6-4-5-7-14(13)12-22-16(21-2)23-15-8-10-24(11-9-15)27(25,26)17(18,19)20;/h4-7,15H,3,8-12H2,1-2H3,(H2,21,22,23);1H. The van der Waals surface area contributed by atoms with Crippen LogP contribution in [0.15, 0.2) is 29.3 Å². The fraction of sp³-hybridized carbons (Fsp3) is 0.588. The van der Waals surface area contributed by atoms with Gasteiger partial charge in [0.15, 0.2) is 5.96 Å². The van der Waals surface area contributed by atoms with Gasteiger partial charge in [-0.15, -0.1) is 24.0 Å². The molecule has 1 saturated heterocycles. The fourth-order valence-corrected chi connectivity index (χ4v) is 4.01. The third-order valence-electron chi connectivity index (χ3n) is 4.60. The molecule has 0 spiro atoms. The number of piperidine rings is 1. The lowest BCUT2D eigenvalue weighted by atomic mass is 10.1. The molecule has 1 aliphatic rings. The van der Waals surface area contributed by atoms with Crippen LogP contribution < -0.4 is 10.6 Å². The number of hydrogen-bond donors (Lipinski definition) is 2. The first-order valence-corrected chi connectivity index (χ1v) is 10.2. The predicted molar refractivity (Wildman–Crippen MR) is 114 cm³/mol. The van der Waals surface area contributed by atoms with Gasteiger partial charge >= 0.3 is 15.5 Å². The summed E-state index contributed by atoms with van der Waals surface area (Å²) in [6.07, 6.45) is 1.47. The molecule has 2 rings (SSSR count). The molecule has 1 aromatic carbocycles. The van der Waals surface area contributed by atoms with Crippen molar-refractivity contribution >= 4 is 40.0 Å². The number of guanidine groups is 1. The van der Waals surface area contributed by atoms with E-state index in [0.717, 1.165) is 12.0 Å². The Bertz CT molecular complexity index is 764. The van der Waals surface area contributed by atoms with Crippen molar-refractivity contribution in [1.82, 2.24) is 14.9 Å². The number of hydrogen-bond acceptors (Lipinski definition) is 3. The van der Waals surface area contributed by atoms with Crippen LogP contribution in [-0.2, 0) is 23.0 Å². The lowest BCUT2D eigenvalue weighted by molar-refractivity contribution is -0.0494. The Morgan fingerprint density at radius 1 is 1.21 bits per heavy atom. The molecule has 0 bridgehead atoms. The Hall–Kier alpha value is -1.08. The maximum atomic E-state index is 12.6. The summed E-state index contributed by atoms with van der Waals surface area (Å²) < 4.78 is 61.3. The lowest BCUT2D eigenvalue weighted by Gasteiger charge is -2.32. The van der Waals surface area contributed by atoms with Gasteiger partial charge in [-0.05, 0) is 30.4 Å². The van der Waals surface area contributed by atoms with Crippen LogP contribution in [-0.4, -0.2) is 50.4 Å². The van der Waals surface area contributed by atoms with Gasteiger partial charge in [0.2, 0.25) is 0 Å². The van der Waals surface area contributed by atoms with E-state index in [1.54, 1.807) is 7.05 Å². The van der Waals surface area contributed by atoms with Crippen LogP contribution in [0.1, 0.15) is 30.9 Å². The number of aliphatic imine (C=N–C) groups is 1. The summed E-state index contributed by atoms with van der Waals surface area (Å²) in [5.41, 5.74) is -2.88. The average molecular weight is 534 g/mol. The first-order chi connectivity index (χ1) is 12.7. The molecule has 28 heavy (non-hydrogen) atoms. The molecule has 6 nitrogen and oxygen atoms in total. The van der Waals surface area contributed by atoms with Gasteiger partial charge in [0.05, 0.1) is 0 Å². The van der Waals surface area contributed by atoms with Crippen LogP contribution in [0.2, 0.25) is 0 Å². The third kappa shape index (κ3) is 6.21. The van der Waals surface area contributed by atoms with Gasteiger partial charge in [-0.1, -0.05) is 31.2 Å².